The van der Waals surface area contributed by atoms with Crippen molar-refractivity contribution >= 4 is 17.3 Å². The van der Waals surface area contributed by atoms with Crippen LogP contribution in [0.3, 0.4) is 0 Å². The summed E-state index contributed by atoms with van der Waals surface area (Å²) in [5.41, 5.74) is 2.03. The molecule has 0 aliphatic heterocycles. The lowest BCUT2D eigenvalue weighted by atomic mass is 10.3. The third-order valence-electron chi connectivity index (χ3n) is 2.68. The molecule has 1 N–H and O–H groups in total. The number of aromatic carboxylic acids is 1. The van der Waals surface area contributed by atoms with Gasteiger partial charge in [0.15, 0.2) is 0 Å². The highest BCUT2D eigenvalue weighted by molar-refractivity contribution is 7.13. The zero-order valence-corrected chi connectivity index (χ0v) is 11.8. The summed E-state index contributed by atoms with van der Waals surface area (Å²) < 4.78 is 0. The first kappa shape index (κ1) is 13.7. The summed E-state index contributed by atoms with van der Waals surface area (Å²) in [7, 11) is 2.00. The van der Waals surface area contributed by atoms with E-state index in [-0.39, 0.29) is 0 Å². The van der Waals surface area contributed by atoms with E-state index in [1.165, 1.54) is 11.3 Å². The fourth-order valence-electron chi connectivity index (χ4n) is 1.86. The molecule has 4 nitrogen and oxygen atoms in total. The maximum Gasteiger partial charge on any atom is 0.345 e. The average Bonchev–Trinajstić information content (AvgIpc) is 2.77. The van der Waals surface area contributed by atoms with E-state index in [2.05, 4.69) is 9.88 Å². The summed E-state index contributed by atoms with van der Waals surface area (Å²) >= 11 is 1.32. The second-order valence-corrected chi connectivity index (χ2v) is 5.68. The Morgan fingerprint density at radius 1 is 1.32 bits per heavy atom. The molecule has 100 valence electrons. The van der Waals surface area contributed by atoms with E-state index < -0.39 is 5.97 Å². The van der Waals surface area contributed by atoms with Crippen LogP contribution in [0.2, 0.25) is 0 Å². The van der Waals surface area contributed by atoms with Gasteiger partial charge in [0.25, 0.3) is 0 Å². The Labute approximate surface area is 116 Å². The topological polar surface area (TPSA) is 53.4 Å². The summed E-state index contributed by atoms with van der Waals surface area (Å²) in [6.07, 6.45) is 0. The fraction of sp³-hybridized carbons (Fsp3) is 0.286. The smallest absolute Gasteiger partial charge is 0.345 e. The molecule has 0 saturated carbocycles. The van der Waals surface area contributed by atoms with E-state index in [0.717, 1.165) is 29.4 Å². The molecule has 0 aliphatic rings. The minimum absolute atomic E-state index is 0.386. The number of rotatable bonds is 5. The summed E-state index contributed by atoms with van der Waals surface area (Å²) in [5, 5.41) is 8.88. The number of nitrogens with zero attached hydrogens (tertiary/aromatic N) is 2. The molecule has 0 atom stereocenters. The van der Waals surface area contributed by atoms with Gasteiger partial charge in [0.05, 0.1) is 5.69 Å². The Balaban J connectivity index is 1.97. The molecular weight excluding hydrogens is 260 g/mol. The van der Waals surface area contributed by atoms with Crippen LogP contribution in [0.1, 0.15) is 25.9 Å². The van der Waals surface area contributed by atoms with Crippen LogP contribution in [0.4, 0.5) is 0 Å². The van der Waals surface area contributed by atoms with Crippen LogP contribution >= 0.6 is 11.3 Å². The number of thiophene rings is 1. The van der Waals surface area contributed by atoms with Crippen molar-refractivity contribution in [2.24, 2.45) is 0 Å². The third kappa shape index (κ3) is 3.87. The van der Waals surface area contributed by atoms with Gasteiger partial charge in [-0.2, -0.15) is 0 Å². The Kier molecular flexibility index (Phi) is 4.29. The molecule has 0 aromatic carbocycles. The number of carboxylic acid groups (broad SMARTS) is 1. The molecule has 0 amide bonds. The highest BCUT2D eigenvalue weighted by Gasteiger charge is 2.09. The molecule has 0 radical (unpaired) electrons. The van der Waals surface area contributed by atoms with E-state index in [1.54, 1.807) is 6.07 Å². The fourth-order valence-corrected chi connectivity index (χ4v) is 2.79. The Morgan fingerprint density at radius 3 is 2.74 bits per heavy atom. The summed E-state index contributed by atoms with van der Waals surface area (Å²) in [6.45, 7) is 3.46. The second-order valence-electron chi connectivity index (χ2n) is 4.51. The summed E-state index contributed by atoms with van der Waals surface area (Å²) in [6, 6.07) is 9.50. The first-order valence-corrected chi connectivity index (χ1v) is 6.79. The lowest BCUT2D eigenvalue weighted by Gasteiger charge is -2.15. The molecule has 0 spiro atoms. The van der Waals surface area contributed by atoms with Crippen molar-refractivity contribution in [3.8, 4) is 0 Å². The predicted molar refractivity (Wildman–Crippen MR) is 75.4 cm³/mol. The quantitative estimate of drug-likeness (QED) is 0.912. The lowest BCUT2D eigenvalue weighted by molar-refractivity contribution is 0.0702. The largest absolute Gasteiger partial charge is 0.477 e. The van der Waals surface area contributed by atoms with Crippen LogP contribution in [0.15, 0.2) is 30.3 Å². The zero-order chi connectivity index (χ0) is 13.8. The van der Waals surface area contributed by atoms with Gasteiger partial charge >= 0.3 is 5.97 Å². The number of aryl methyl sites for hydroxylation is 1. The van der Waals surface area contributed by atoms with Crippen LogP contribution in [0.25, 0.3) is 0 Å². The Morgan fingerprint density at radius 2 is 2.11 bits per heavy atom. The number of hydrogen-bond acceptors (Lipinski definition) is 4. The molecule has 2 rings (SSSR count). The highest BCUT2D eigenvalue weighted by atomic mass is 32.1. The van der Waals surface area contributed by atoms with Gasteiger partial charge in [-0.1, -0.05) is 6.07 Å². The first-order chi connectivity index (χ1) is 9.04. The average molecular weight is 276 g/mol. The molecule has 0 unspecified atom stereocenters. The number of carboxylic acids is 1. The minimum Gasteiger partial charge on any atom is -0.477 e. The summed E-state index contributed by atoms with van der Waals surface area (Å²) in [5.74, 6) is -0.862. The molecule has 2 heterocycles. The molecule has 19 heavy (non-hydrogen) atoms. The molecule has 2 aromatic rings. The molecular formula is C14H16N2O2S. The molecule has 0 bridgehead atoms. The number of pyridine rings is 1. The van der Waals surface area contributed by atoms with Gasteiger partial charge in [0, 0.05) is 23.7 Å². The maximum atomic E-state index is 10.8. The van der Waals surface area contributed by atoms with Gasteiger partial charge in [0.2, 0.25) is 0 Å². The predicted octanol–water partition coefficient (Wildman–Crippen LogP) is 2.78. The van der Waals surface area contributed by atoms with Gasteiger partial charge < -0.3 is 5.11 Å². The van der Waals surface area contributed by atoms with Crippen LogP contribution in [0, 0.1) is 6.92 Å². The van der Waals surface area contributed by atoms with Crippen molar-refractivity contribution in [2.45, 2.75) is 20.0 Å². The standard InChI is InChI=1S/C14H16N2O2S/c1-10-4-3-5-11(15-10)8-16(2)9-12-6-7-13(19-12)14(17)18/h3-7H,8-9H2,1-2H3,(H,17,18). The number of carbonyl (C=O) groups is 1. The maximum absolute atomic E-state index is 10.8. The second kappa shape index (κ2) is 5.95. The van der Waals surface area contributed by atoms with E-state index >= 15 is 0 Å². The van der Waals surface area contributed by atoms with E-state index in [0.29, 0.717) is 4.88 Å². The number of aromatic nitrogens is 1. The van der Waals surface area contributed by atoms with Gasteiger partial charge in [-0.15, -0.1) is 11.3 Å². The van der Waals surface area contributed by atoms with Crippen molar-refractivity contribution in [2.75, 3.05) is 7.05 Å². The van der Waals surface area contributed by atoms with E-state index in [4.69, 9.17) is 5.11 Å². The molecule has 0 fully saturated rings. The van der Waals surface area contributed by atoms with Gasteiger partial charge in [-0.3, -0.25) is 9.88 Å². The monoisotopic (exact) mass is 276 g/mol. The highest BCUT2D eigenvalue weighted by Crippen LogP contribution is 2.18. The Bertz CT molecular complexity index is 580. The summed E-state index contributed by atoms with van der Waals surface area (Å²) in [4.78, 5) is 18.8. The van der Waals surface area contributed by atoms with Crippen molar-refractivity contribution in [1.29, 1.82) is 0 Å². The Hall–Kier alpha value is -1.72. The van der Waals surface area contributed by atoms with Crippen molar-refractivity contribution in [3.05, 3.63) is 51.5 Å². The first-order valence-electron chi connectivity index (χ1n) is 5.97. The van der Waals surface area contributed by atoms with Crippen LogP contribution in [-0.2, 0) is 13.1 Å². The van der Waals surface area contributed by atoms with Crippen molar-refractivity contribution in [1.82, 2.24) is 9.88 Å². The van der Waals surface area contributed by atoms with Crippen molar-refractivity contribution in [3.63, 3.8) is 0 Å². The van der Waals surface area contributed by atoms with Gasteiger partial charge in [-0.05, 0) is 38.2 Å². The normalized spacial score (nSPS) is 10.9. The van der Waals surface area contributed by atoms with E-state index in [9.17, 15) is 4.79 Å². The van der Waals surface area contributed by atoms with Crippen LogP contribution in [0.5, 0.6) is 0 Å². The molecule has 2 aromatic heterocycles. The zero-order valence-electron chi connectivity index (χ0n) is 11.0. The lowest BCUT2D eigenvalue weighted by Crippen LogP contribution is -2.17. The number of hydrogen-bond donors (Lipinski definition) is 1. The third-order valence-corrected chi connectivity index (χ3v) is 3.73. The molecule has 0 saturated heterocycles. The van der Waals surface area contributed by atoms with Gasteiger partial charge in [0.1, 0.15) is 4.88 Å². The van der Waals surface area contributed by atoms with E-state index in [1.807, 2.05) is 38.2 Å². The van der Waals surface area contributed by atoms with Crippen LogP contribution in [-0.4, -0.2) is 28.0 Å². The van der Waals surface area contributed by atoms with Crippen molar-refractivity contribution < 1.29 is 9.90 Å². The molecule has 5 heteroatoms. The van der Waals surface area contributed by atoms with Crippen LogP contribution < -0.4 is 0 Å². The SMILES string of the molecule is Cc1cccc(CN(C)Cc2ccc(C(=O)O)s2)n1. The minimum atomic E-state index is -0.862. The molecule has 0 aliphatic carbocycles. The van der Waals surface area contributed by atoms with Gasteiger partial charge in [-0.25, -0.2) is 4.79 Å².